The van der Waals surface area contributed by atoms with E-state index < -0.39 is 0 Å². The summed E-state index contributed by atoms with van der Waals surface area (Å²) in [4.78, 5) is 13.3. The fraction of sp³-hybridized carbons (Fsp3) is 0.308. The van der Waals surface area contributed by atoms with E-state index in [9.17, 15) is 0 Å². The lowest BCUT2D eigenvalue weighted by Gasteiger charge is -2.06. The number of hydrogen-bond donors (Lipinski definition) is 1. The molecule has 0 saturated carbocycles. The molecular weight excluding hydrogens is 244 g/mol. The Balaban J connectivity index is 2.22. The smallest absolute Gasteiger partial charge is 0.162 e. The van der Waals surface area contributed by atoms with E-state index in [1.807, 2.05) is 31.2 Å². The van der Waals surface area contributed by atoms with Gasteiger partial charge in [-0.1, -0.05) is 12.1 Å². The maximum absolute atomic E-state index is 4.56. The van der Waals surface area contributed by atoms with Gasteiger partial charge in [-0.2, -0.15) is 0 Å². The quantitative estimate of drug-likeness (QED) is 0.524. The summed E-state index contributed by atoms with van der Waals surface area (Å²) in [5.41, 5.74) is 1.83. The Bertz CT molecular complexity index is 553. The lowest BCUT2D eigenvalue weighted by atomic mass is 10.3. The van der Waals surface area contributed by atoms with Crippen LogP contribution in [0.3, 0.4) is 0 Å². The molecule has 0 aliphatic rings. The zero-order valence-corrected chi connectivity index (χ0v) is 11.4. The Labute approximate surface area is 111 Å². The molecule has 2 rings (SSSR count). The van der Waals surface area contributed by atoms with E-state index in [1.165, 1.54) is 11.8 Å². The lowest BCUT2D eigenvalue weighted by molar-refractivity contribution is 0.964. The number of nitrogens with one attached hydrogen (secondary N) is 1. The third kappa shape index (κ3) is 3.20. The minimum Gasteiger partial charge on any atom is -0.365 e. The van der Waals surface area contributed by atoms with Crippen molar-refractivity contribution < 1.29 is 0 Å². The standard InChI is InChI=1S/C13H16N4S/c1-3-14-13(15-4-2)18-12-9-16-10-7-5-6-8-11(10)17-12/h5-9H,3-4H2,1-2H3,(H,14,15). The number of rotatable bonds is 3. The van der Waals surface area contributed by atoms with Gasteiger partial charge in [-0.25, -0.2) is 4.98 Å². The summed E-state index contributed by atoms with van der Waals surface area (Å²) in [6.07, 6.45) is 1.79. The molecule has 0 atom stereocenters. The average molecular weight is 260 g/mol. The molecule has 0 bridgehead atoms. The van der Waals surface area contributed by atoms with Crippen molar-refractivity contribution >= 4 is 28.0 Å². The summed E-state index contributed by atoms with van der Waals surface area (Å²) >= 11 is 1.52. The molecule has 1 heterocycles. The van der Waals surface area contributed by atoms with Crippen molar-refractivity contribution in [3.05, 3.63) is 30.5 Å². The normalized spacial score (nSPS) is 11.8. The van der Waals surface area contributed by atoms with Crippen LogP contribution < -0.4 is 5.32 Å². The summed E-state index contributed by atoms with van der Waals surface area (Å²) in [5, 5.41) is 4.98. The number of para-hydroxylation sites is 2. The molecule has 1 aromatic heterocycles. The molecule has 94 valence electrons. The summed E-state index contributed by atoms with van der Waals surface area (Å²) in [5.74, 6) is 0. The van der Waals surface area contributed by atoms with Crippen LogP contribution in [0.15, 0.2) is 40.5 Å². The third-order valence-electron chi connectivity index (χ3n) is 2.26. The van der Waals surface area contributed by atoms with Crippen molar-refractivity contribution in [2.24, 2.45) is 4.99 Å². The van der Waals surface area contributed by atoms with E-state index in [0.29, 0.717) is 0 Å². The first-order valence-electron chi connectivity index (χ1n) is 6.01. The van der Waals surface area contributed by atoms with Crippen LogP contribution in [0.5, 0.6) is 0 Å². The van der Waals surface area contributed by atoms with Gasteiger partial charge in [0.05, 0.1) is 17.2 Å². The minimum absolute atomic E-state index is 0.760. The number of hydrogen-bond acceptors (Lipinski definition) is 4. The number of thioether (sulfide) groups is 1. The fourth-order valence-corrected chi connectivity index (χ4v) is 2.37. The van der Waals surface area contributed by atoms with E-state index in [2.05, 4.69) is 27.2 Å². The highest BCUT2D eigenvalue weighted by Gasteiger charge is 2.04. The van der Waals surface area contributed by atoms with Gasteiger partial charge in [0.25, 0.3) is 0 Å². The van der Waals surface area contributed by atoms with Crippen molar-refractivity contribution in [1.82, 2.24) is 15.3 Å². The molecule has 0 radical (unpaired) electrons. The Hall–Kier alpha value is -1.62. The van der Waals surface area contributed by atoms with Crippen molar-refractivity contribution in [3.8, 4) is 0 Å². The number of aromatic nitrogens is 2. The predicted molar refractivity (Wildman–Crippen MR) is 77.0 cm³/mol. The van der Waals surface area contributed by atoms with Gasteiger partial charge in [0, 0.05) is 13.1 Å². The molecule has 0 spiro atoms. The summed E-state index contributed by atoms with van der Waals surface area (Å²) in [6, 6.07) is 7.86. The van der Waals surface area contributed by atoms with E-state index in [4.69, 9.17) is 0 Å². The van der Waals surface area contributed by atoms with Crippen molar-refractivity contribution in [1.29, 1.82) is 0 Å². The van der Waals surface area contributed by atoms with Crippen LogP contribution >= 0.6 is 11.8 Å². The Morgan fingerprint density at radius 2 is 2.06 bits per heavy atom. The molecule has 18 heavy (non-hydrogen) atoms. The predicted octanol–water partition coefficient (Wildman–Crippen LogP) is 2.71. The van der Waals surface area contributed by atoms with Crippen LogP contribution in [0.2, 0.25) is 0 Å². The van der Waals surface area contributed by atoms with Crippen molar-refractivity contribution in [2.45, 2.75) is 18.9 Å². The molecule has 0 aliphatic carbocycles. The molecule has 0 fully saturated rings. The highest BCUT2D eigenvalue weighted by molar-refractivity contribution is 8.13. The molecule has 5 heteroatoms. The van der Waals surface area contributed by atoms with Gasteiger partial charge in [0.1, 0.15) is 5.03 Å². The first-order valence-corrected chi connectivity index (χ1v) is 6.83. The topological polar surface area (TPSA) is 50.2 Å². The van der Waals surface area contributed by atoms with Crippen LogP contribution in [-0.4, -0.2) is 28.2 Å². The Morgan fingerprint density at radius 3 is 2.78 bits per heavy atom. The SMILES string of the molecule is CCN=C(NCC)Sc1cnc2ccccc2n1. The second kappa shape index (κ2) is 6.35. The van der Waals surface area contributed by atoms with Gasteiger partial charge < -0.3 is 5.32 Å². The zero-order chi connectivity index (χ0) is 12.8. The van der Waals surface area contributed by atoms with Crippen LogP contribution in [-0.2, 0) is 0 Å². The highest BCUT2D eigenvalue weighted by Crippen LogP contribution is 2.18. The van der Waals surface area contributed by atoms with Gasteiger partial charge in [0.2, 0.25) is 0 Å². The molecule has 0 amide bonds. The zero-order valence-electron chi connectivity index (χ0n) is 10.6. The monoisotopic (exact) mass is 260 g/mol. The van der Waals surface area contributed by atoms with E-state index in [0.717, 1.165) is 34.3 Å². The molecule has 0 saturated heterocycles. The van der Waals surface area contributed by atoms with Crippen LogP contribution in [0.1, 0.15) is 13.8 Å². The molecule has 1 N–H and O–H groups in total. The van der Waals surface area contributed by atoms with Crippen LogP contribution in [0.4, 0.5) is 0 Å². The Kier molecular flexibility index (Phi) is 4.52. The largest absolute Gasteiger partial charge is 0.365 e. The van der Waals surface area contributed by atoms with Crippen LogP contribution in [0.25, 0.3) is 11.0 Å². The molecule has 2 aromatic rings. The molecule has 0 aliphatic heterocycles. The van der Waals surface area contributed by atoms with Crippen LogP contribution in [0, 0.1) is 0 Å². The van der Waals surface area contributed by atoms with E-state index >= 15 is 0 Å². The minimum atomic E-state index is 0.760. The Morgan fingerprint density at radius 1 is 1.28 bits per heavy atom. The van der Waals surface area contributed by atoms with Gasteiger partial charge in [-0.3, -0.25) is 9.98 Å². The second-order valence-electron chi connectivity index (χ2n) is 3.61. The number of benzene rings is 1. The fourth-order valence-electron chi connectivity index (χ4n) is 1.51. The maximum Gasteiger partial charge on any atom is 0.162 e. The number of fused-ring (bicyclic) bond motifs is 1. The van der Waals surface area contributed by atoms with Gasteiger partial charge in [-0.05, 0) is 37.7 Å². The average Bonchev–Trinajstić information content (AvgIpc) is 2.39. The second-order valence-corrected chi connectivity index (χ2v) is 4.62. The van der Waals surface area contributed by atoms with Crippen molar-refractivity contribution in [2.75, 3.05) is 13.1 Å². The summed E-state index contributed by atoms with van der Waals surface area (Å²) < 4.78 is 0. The lowest BCUT2D eigenvalue weighted by Crippen LogP contribution is -2.20. The molecule has 0 unspecified atom stereocenters. The van der Waals surface area contributed by atoms with Crippen molar-refractivity contribution in [3.63, 3.8) is 0 Å². The van der Waals surface area contributed by atoms with Gasteiger partial charge in [0.15, 0.2) is 5.17 Å². The number of amidine groups is 1. The number of aliphatic imine (C=N–C) groups is 1. The first kappa shape index (κ1) is 12.8. The summed E-state index contributed by atoms with van der Waals surface area (Å²) in [6.45, 7) is 5.69. The molecule has 4 nitrogen and oxygen atoms in total. The summed E-state index contributed by atoms with van der Waals surface area (Å²) in [7, 11) is 0. The third-order valence-corrected chi connectivity index (χ3v) is 3.13. The first-order chi connectivity index (χ1) is 8.83. The molecule has 1 aromatic carbocycles. The van der Waals surface area contributed by atoms with Gasteiger partial charge >= 0.3 is 0 Å². The molecular formula is C13H16N4S. The highest BCUT2D eigenvalue weighted by atomic mass is 32.2. The number of nitrogens with zero attached hydrogens (tertiary/aromatic N) is 3. The van der Waals surface area contributed by atoms with Gasteiger partial charge in [-0.15, -0.1) is 0 Å². The van der Waals surface area contributed by atoms with E-state index in [-0.39, 0.29) is 0 Å². The maximum atomic E-state index is 4.56. The van der Waals surface area contributed by atoms with E-state index in [1.54, 1.807) is 6.20 Å².